The zero-order valence-corrected chi connectivity index (χ0v) is 7.51. The molecule has 2 N–H and O–H groups in total. The second-order valence-electron chi connectivity index (χ2n) is 3.03. The van der Waals surface area contributed by atoms with Crippen LogP contribution in [-0.2, 0) is 4.79 Å². The maximum Gasteiger partial charge on any atom is 0.267 e. The van der Waals surface area contributed by atoms with Gasteiger partial charge in [-0.3, -0.25) is 10.2 Å². The standard InChI is InChI=1S/C7H12N4O2/c1-5(2)6(12)7(13)10-11-3-8-9-4-11/h3-6,12H,1-2H3,(H,10,13)/t6-/m0/s1. The summed E-state index contributed by atoms with van der Waals surface area (Å²) < 4.78 is 1.29. The Balaban J connectivity index is 2.51. The fraction of sp³-hybridized carbons (Fsp3) is 0.571. The van der Waals surface area contributed by atoms with E-state index in [9.17, 15) is 9.90 Å². The summed E-state index contributed by atoms with van der Waals surface area (Å²) in [5.41, 5.74) is 2.41. The highest BCUT2D eigenvalue weighted by Crippen LogP contribution is 2.00. The molecule has 6 nitrogen and oxygen atoms in total. The van der Waals surface area contributed by atoms with Crippen molar-refractivity contribution >= 4 is 5.91 Å². The van der Waals surface area contributed by atoms with Crippen molar-refractivity contribution in [1.29, 1.82) is 0 Å². The number of rotatable bonds is 3. The minimum atomic E-state index is -1.01. The van der Waals surface area contributed by atoms with Crippen LogP contribution < -0.4 is 5.43 Å². The molecule has 1 aromatic heterocycles. The molecule has 0 aromatic carbocycles. The minimum absolute atomic E-state index is 0.114. The van der Waals surface area contributed by atoms with Gasteiger partial charge in [0.15, 0.2) is 0 Å². The first-order chi connectivity index (χ1) is 6.11. The average Bonchev–Trinajstić information content (AvgIpc) is 2.55. The predicted molar refractivity (Wildman–Crippen MR) is 45.2 cm³/mol. The molecule has 0 saturated carbocycles. The number of nitrogens with zero attached hydrogens (tertiary/aromatic N) is 3. The van der Waals surface area contributed by atoms with Crippen molar-refractivity contribution in [3.8, 4) is 0 Å². The lowest BCUT2D eigenvalue weighted by atomic mass is 10.1. The van der Waals surface area contributed by atoms with Gasteiger partial charge in [-0.1, -0.05) is 13.8 Å². The van der Waals surface area contributed by atoms with Crippen molar-refractivity contribution in [2.45, 2.75) is 20.0 Å². The molecule has 13 heavy (non-hydrogen) atoms. The zero-order valence-electron chi connectivity index (χ0n) is 7.51. The highest BCUT2D eigenvalue weighted by molar-refractivity contribution is 5.87. The van der Waals surface area contributed by atoms with E-state index in [-0.39, 0.29) is 5.92 Å². The molecule has 1 aromatic rings. The molecular weight excluding hydrogens is 172 g/mol. The normalized spacial score (nSPS) is 12.9. The molecule has 0 fully saturated rings. The highest BCUT2D eigenvalue weighted by atomic mass is 16.3. The summed E-state index contributed by atoms with van der Waals surface area (Å²) in [7, 11) is 0. The molecule has 0 bridgehead atoms. The Morgan fingerprint density at radius 3 is 2.46 bits per heavy atom. The molecule has 6 heteroatoms. The van der Waals surface area contributed by atoms with E-state index in [0.29, 0.717) is 0 Å². The van der Waals surface area contributed by atoms with Crippen LogP contribution in [0.1, 0.15) is 13.8 Å². The van der Waals surface area contributed by atoms with Crippen LogP contribution >= 0.6 is 0 Å². The third-order valence-electron chi connectivity index (χ3n) is 1.56. The summed E-state index contributed by atoms with van der Waals surface area (Å²) >= 11 is 0. The molecular formula is C7H12N4O2. The molecule has 0 aliphatic rings. The van der Waals surface area contributed by atoms with Gasteiger partial charge in [-0.15, -0.1) is 10.2 Å². The number of hydrogen-bond acceptors (Lipinski definition) is 4. The predicted octanol–water partition coefficient (Wildman–Crippen LogP) is -0.635. The van der Waals surface area contributed by atoms with E-state index in [1.807, 2.05) is 0 Å². The number of aliphatic hydroxyl groups is 1. The maximum atomic E-state index is 11.2. The van der Waals surface area contributed by atoms with Crippen LogP contribution in [0.15, 0.2) is 12.7 Å². The largest absolute Gasteiger partial charge is 0.383 e. The molecule has 0 saturated heterocycles. The third kappa shape index (κ3) is 2.51. The molecule has 0 unspecified atom stereocenters. The van der Waals surface area contributed by atoms with E-state index in [2.05, 4.69) is 15.6 Å². The smallest absolute Gasteiger partial charge is 0.267 e. The van der Waals surface area contributed by atoms with E-state index in [1.54, 1.807) is 13.8 Å². The Morgan fingerprint density at radius 2 is 2.00 bits per heavy atom. The lowest BCUT2D eigenvalue weighted by molar-refractivity contribution is -0.126. The third-order valence-corrected chi connectivity index (χ3v) is 1.56. The Bertz CT molecular complexity index is 270. The topological polar surface area (TPSA) is 80.0 Å². The SMILES string of the molecule is CC(C)[C@H](O)C(=O)Nn1cnnc1. The monoisotopic (exact) mass is 184 g/mol. The summed E-state index contributed by atoms with van der Waals surface area (Å²) in [5, 5.41) is 16.3. The molecule has 0 aliphatic carbocycles. The zero-order chi connectivity index (χ0) is 9.84. The van der Waals surface area contributed by atoms with Gasteiger partial charge < -0.3 is 5.11 Å². The molecule has 72 valence electrons. The van der Waals surface area contributed by atoms with Crippen molar-refractivity contribution in [1.82, 2.24) is 14.9 Å². The van der Waals surface area contributed by atoms with E-state index in [1.165, 1.54) is 17.3 Å². The van der Waals surface area contributed by atoms with Crippen LogP contribution in [0.5, 0.6) is 0 Å². The van der Waals surface area contributed by atoms with Crippen LogP contribution in [0.2, 0.25) is 0 Å². The Kier molecular flexibility index (Phi) is 2.97. The Morgan fingerprint density at radius 1 is 1.46 bits per heavy atom. The number of amides is 1. The van der Waals surface area contributed by atoms with Crippen molar-refractivity contribution in [2.24, 2.45) is 5.92 Å². The summed E-state index contributed by atoms with van der Waals surface area (Å²) in [4.78, 5) is 11.2. The average molecular weight is 184 g/mol. The molecule has 1 atom stereocenters. The highest BCUT2D eigenvalue weighted by Gasteiger charge is 2.18. The van der Waals surface area contributed by atoms with Crippen molar-refractivity contribution < 1.29 is 9.90 Å². The van der Waals surface area contributed by atoms with Gasteiger partial charge >= 0.3 is 0 Å². The van der Waals surface area contributed by atoms with Gasteiger partial charge in [0.1, 0.15) is 18.8 Å². The van der Waals surface area contributed by atoms with Crippen LogP contribution in [0.25, 0.3) is 0 Å². The maximum absolute atomic E-state index is 11.2. The first kappa shape index (κ1) is 9.66. The van der Waals surface area contributed by atoms with Gasteiger partial charge in [0, 0.05) is 0 Å². The lowest BCUT2D eigenvalue weighted by Crippen LogP contribution is -2.35. The fourth-order valence-electron chi connectivity index (χ4n) is 0.755. The summed E-state index contributed by atoms with van der Waals surface area (Å²) in [6, 6.07) is 0. The summed E-state index contributed by atoms with van der Waals surface area (Å²) in [6.07, 6.45) is 1.66. The molecule has 0 aliphatic heterocycles. The summed E-state index contributed by atoms with van der Waals surface area (Å²) in [6.45, 7) is 3.52. The fourth-order valence-corrected chi connectivity index (χ4v) is 0.755. The molecule has 1 rings (SSSR count). The van der Waals surface area contributed by atoms with Crippen LogP contribution in [0, 0.1) is 5.92 Å². The number of carbonyl (C=O) groups is 1. The summed E-state index contributed by atoms with van der Waals surface area (Å²) in [5.74, 6) is -0.578. The number of aromatic nitrogens is 3. The van der Waals surface area contributed by atoms with E-state index in [0.717, 1.165) is 0 Å². The van der Waals surface area contributed by atoms with Gasteiger partial charge in [-0.2, -0.15) is 0 Å². The van der Waals surface area contributed by atoms with Crippen LogP contribution in [0.4, 0.5) is 0 Å². The lowest BCUT2D eigenvalue weighted by Gasteiger charge is -2.13. The minimum Gasteiger partial charge on any atom is -0.383 e. The van der Waals surface area contributed by atoms with Crippen LogP contribution in [-0.4, -0.2) is 32.0 Å². The first-order valence-electron chi connectivity index (χ1n) is 3.95. The van der Waals surface area contributed by atoms with Crippen LogP contribution in [0.3, 0.4) is 0 Å². The molecule has 0 radical (unpaired) electrons. The quantitative estimate of drug-likeness (QED) is 0.655. The van der Waals surface area contributed by atoms with Gasteiger partial charge in [0.2, 0.25) is 0 Å². The molecule has 0 spiro atoms. The Hall–Kier alpha value is -1.43. The van der Waals surface area contributed by atoms with Gasteiger partial charge in [-0.25, -0.2) is 4.68 Å². The second-order valence-corrected chi connectivity index (χ2v) is 3.03. The number of nitrogens with one attached hydrogen (secondary N) is 1. The number of aliphatic hydroxyl groups excluding tert-OH is 1. The van der Waals surface area contributed by atoms with Gasteiger partial charge in [0.05, 0.1) is 0 Å². The van der Waals surface area contributed by atoms with Gasteiger partial charge in [-0.05, 0) is 5.92 Å². The molecule has 1 amide bonds. The van der Waals surface area contributed by atoms with Crippen molar-refractivity contribution in [3.63, 3.8) is 0 Å². The van der Waals surface area contributed by atoms with Gasteiger partial charge in [0.25, 0.3) is 5.91 Å². The first-order valence-corrected chi connectivity index (χ1v) is 3.95. The van der Waals surface area contributed by atoms with E-state index < -0.39 is 12.0 Å². The number of carbonyl (C=O) groups excluding carboxylic acids is 1. The van der Waals surface area contributed by atoms with E-state index in [4.69, 9.17) is 0 Å². The molecule has 1 heterocycles. The number of hydrogen-bond donors (Lipinski definition) is 2. The van der Waals surface area contributed by atoms with E-state index >= 15 is 0 Å². The second kappa shape index (κ2) is 3.99. The Labute approximate surface area is 75.6 Å². The van der Waals surface area contributed by atoms with Crippen molar-refractivity contribution in [2.75, 3.05) is 5.43 Å². The van der Waals surface area contributed by atoms with Crippen molar-refractivity contribution in [3.05, 3.63) is 12.7 Å².